The van der Waals surface area contributed by atoms with E-state index in [0.29, 0.717) is 5.82 Å². The lowest BCUT2D eigenvalue weighted by atomic mass is 10.2. The predicted octanol–water partition coefficient (Wildman–Crippen LogP) is 2.98. The van der Waals surface area contributed by atoms with Crippen LogP contribution in [0.3, 0.4) is 0 Å². The number of halogens is 3. The molecule has 8 heteroatoms. The minimum atomic E-state index is -4.44. The van der Waals surface area contributed by atoms with Crippen molar-refractivity contribution >= 4 is 11.7 Å². The summed E-state index contributed by atoms with van der Waals surface area (Å²) in [5, 5.41) is 2.56. The van der Waals surface area contributed by atoms with E-state index < -0.39 is 18.7 Å². The van der Waals surface area contributed by atoms with E-state index in [9.17, 15) is 18.0 Å². The first-order valence-corrected chi connectivity index (χ1v) is 6.24. The van der Waals surface area contributed by atoms with Crippen molar-refractivity contribution in [1.82, 2.24) is 9.97 Å². The molecule has 116 valence electrons. The Balaban J connectivity index is 1.99. The second kappa shape index (κ2) is 6.42. The van der Waals surface area contributed by atoms with Gasteiger partial charge in [0, 0.05) is 18.0 Å². The van der Waals surface area contributed by atoms with Gasteiger partial charge in [0.25, 0.3) is 5.91 Å². The molecule has 2 rings (SSSR count). The van der Waals surface area contributed by atoms with Crippen molar-refractivity contribution in [3.63, 3.8) is 0 Å². The Bertz CT molecular complexity index is 657. The highest BCUT2D eigenvalue weighted by Crippen LogP contribution is 2.17. The second-order valence-electron chi connectivity index (χ2n) is 4.41. The van der Waals surface area contributed by atoms with Crippen LogP contribution in [0.5, 0.6) is 5.88 Å². The van der Waals surface area contributed by atoms with E-state index in [4.69, 9.17) is 0 Å². The summed E-state index contributed by atoms with van der Waals surface area (Å²) in [6, 6.07) is 7.67. The Morgan fingerprint density at radius 3 is 2.64 bits per heavy atom. The number of amides is 1. The SMILES string of the molecule is Cc1cccc(NC(=O)c2ccc(OCC(F)(F)F)nc2)n1. The highest BCUT2D eigenvalue weighted by atomic mass is 19.4. The number of hydrogen-bond acceptors (Lipinski definition) is 4. The molecule has 2 aromatic rings. The third kappa shape index (κ3) is 4.72. The molecule has 2 aromatic heterocycles. The quantitative estimate of drug-likeness (QED) is 0.943. The van der Waals surface area contributed by atoms with Crippen LogP contribution in [-0.2, 0) is 0 Å². The third-order valence-electron chi connectivity index (χ3n) is 2.51. The molecular weight excluding hydrogens is 299 g/mol. The number of alkyl halides is 3. The average molecular weight is 311 g/mol. The van der Waals surface area contributed by atoms with Crippen LogP contribution in [0.4, 0.5) is 19.0 Å². The van der Waals surface area contributed by atoms with Crippen LogP contribution in [0.25, 0.3) is 0 Å². The zero-order valence-electron chi connectivity index (χ0n) is 11.5. The standard InChI is InChI=1S/C14H12F3N3O2/c1-9-3-2-4-11(19-9)20-13(21)10-5-6-12(18-7-10)22-8-14(15,16)17/h2-7H,8H2,1H3,(H,19,20,21). The predicted molar refractivity (Wildman–Crippen MR) is 72.7 cm³/mol. The second-order valence-corrected chi connectivity index (χ2v) is 4.41. The lowest BCUT2D eigenvalue weighted by Crippen LogP contribution is -2.19. The number of hydrogen-bond donors (Lipinski definition) is 1. The maximum Gasteiger partial charge on any atom is 0.422 e. The number of carbonyl (C=O) groups excluding carboxylic acids is 1. The molecule has 0 saturated carbocycles. The fourth-order valence-electron chi connectivity index (χ4n) is 1.56. The summed E-state index contributed by atoms with van der Waals surface area (Å²) in [6.45, 7) is 0.350. The van der Waals surface area contributed by atoms with Crippen LogP contribution in [0.1, 0.15) is 16.1 Å². The smallest absolute Gasteiger partial charge is 0.422 e. The first-order chi connectivity index (χ1) is 10.3. The molecular formula is C14H12F3N3O2. The van der Waals surface area contributed by atoms with Gasteiger partial charge in [-0.2, -0.15) is 13.2 Å². The van der Waals surface area contributed by atoms with Gasteiger partial charge in [0.15, 0.2) is 6.61 Å². The van der Waals surface area contributed by atoms with Crippen LogP contribution >= 0.6 is 0 Å². The van der Waals surface area contributed by atoms with E-state index in [1.807, 2.05) is 0 Å². The molecule has 2 heterocycles. The molecule has 0 unspecified atom stereocenters. The van der Waals surface area contributed by atoms with Gasteiger partial charge in [0.2, 0.25) is 5.88 Å². The van der Waals surface area contributed by atoms with Crippen LogP contribution in [0.15, 0.2) is 36.5 Å². The number of ether oxygens (including phenoxy) is 1. The lowest BCUT2D eigenvalue weighted by molar-refractivity contribution is -0.154. The molecule has 0 radical (unpaired) electrons. The first-order valence-electron chi connectivity index (χ1n) is 6.24. The van der Waals surface area contributed by atoms with Crippen molar-refractivity contribution in [3.8, 4) is 5.88 Å². The Morgan fingerprint density at radius 1 is 1.27 bits per heavy atom. The third-order valence-corrected chi connectivity index (χ3v) is 2.51. The summed E-state index contributed by atoms with van der Waals surface area (Å²) < 4.78 is 40.5. The van der Waals surface area contributed by atoms with Gasteiger partial charge < -0.3 is 10.1 Å². The Hall–Kier alpha value is -2.64. The van der Waals surface area contributed by atoms with Crippen molar-refractivity contribution in [2.45, 2.75) is 13.1 Å². The van der Waals surface area contributed by atoms with Gasteiger partial charge in [0.05, 0.1) is 5.56 Å². The van der Waals surface area contributed by atoms with Crippen molar-refractivity contribution < 1.29 is 22.7 Å². The summed E-state index contributed by atoms with van der Waals surface area (Å²) in [5.41, 5.74) is 0.925. The minimum Gasteiger partial charge on any atom is -0.468 e. The molecule has 0 aliphatic rings. The number of nitrogens with zero attached hydrogens (tertiary/aromatic N) is 2. The number of rotatable bonds is 4. The molecule has 0 aromatic carbocycles. The first kappa shape index (κ1) is 15.7. The molecule has 5 nitrogen and oxygen atoms in total. The van der Waals surface area contributed by atoms with Crippen molar-refractivity contribution in [3.05, 3.63) is 47.8 Å². The number of aryl methyl sites for hydroxylation is 1. The summed E-state index contributed by atoms with van der Waals surface area (Å²) in [6.07, 6.45) is -3.30. The zero-order chi connectivity index (χ0) is 16.2. The van der Waals surface area contributed by atoms with E-state index >= 15 is 0 Å². The molecule has 22 heavy (non-hydrogen) atoms. The maximum absolute atomic E-state index is 12.0. The molecule has 0 aliphatic carbocycles. The topological polar surface area (TPSA) is 64.1 Å². The van der Waals surface area contributed by atoms with Gasteiger partial charge in [-0.3, -0.25) is 4.79 Å². The van der Waals surface area contributed by atoms with Crippen molar-refractivity contribution in [1.29, 1.82) is 0 Å². The van der Waals surface area contributed by atoms with E-state index in [2.05, 4.69) is 20.0 Å². The lowest BCUT2D eigenvalue weighted by Gasteiger charge is -2.09. The van der Waals surface area contributed by atoms with Gasteiger partial charge in [-0.05, 0) is 25.1 Å². The monoisotopic (exact) mass is 311 g/mol. The zero-order valence-corrected chi connectivity index (χ0v) is 11.5. The highest BCUT2D eigenvalue weighted by molar-refractivity contribution is 6.03. The summed E-state index contributed by atoms with van der Waals surface area (Å²) in [7, 11) is 0. The summed E-state index contributed by atoms with van der Waals surface area (Å²) >= 11 is 0. The number of pyridine rings is 2. The molecule has 0 spiro atoms. The largest absolute Gasteiger partial charge is 0.468 e. The van der Waals surface area contributed by atoms with Gasteiger partial charge >= 0.3 is 6.18 Å². The van der Waals surface area contributed by atoms with Crippen LogP contribution < -0.4 is 10.1 Å². The molecule has 0 atom stereocenters. The van der Waals surface area contributed by atoms with Crippen LogP contribution in [-0.4, -0.2) is 28.7 Å². The Morgan fingerprint density at radius 2 is 2.05 bits per heavy atom. The molecule has 0 fully saturated rings. The Labute approximate surface area is 124 Å². The van der Waals surface area contributed by atoms with Crippen LogP contribution in [0, 0.1) is 6.92 Å². The Kier molecular flexibility index (Phi) is 4.59. The van der Waals surface area contributed by atoms with Gasteiger partial charge in [-0.15, -0.1) is 0 Å². The van der Waals surface area contributed by atoms with Crippen molar-refractivity contribution in [2.75, 3.05) is 11.9 Å². The molecule has 1 N–H and O–H groups in total. The maximum atomic E-state index is 12.0. The normalized spacial score (nSPS) is 11.1. The molecule has 0 bridgehead atoms. The van der Waals surface area contributed by atoms with E-state index in [-0.39, 0.29) is 11.4 Å². The van der Waals surface area contributed by atoms with Crippen LogP contribution in [0.2, 0.25) is 0 Å². The van der Waals surface area contributed by atoms with Crippen molar-refractivity contribution in [2.24, 2.45) is 0 Å². The summed E-state index contributed by atoms with van der Waals surface area (Å²) in [4.78, 5) is 19.7. The minimum absolute atomic E-state index is 0.183. The number of nitrogens with one attached hydrogen (secondary N) is 1. The molecule has 0 aliphatic heterocycles. The fourth-order valence-corrected chi connectivity index (χ4v) is 1.56. The molecule has 1 amide bonds. The van der Waals surface area contributed by atoms with E-state index in [1.54, 1.807) is 25.1 Å². The van der Waals surface area contributed by atoms with Gasteiger partial charge in [-0.25, -0.2) is 9.97 Å². The summed E-state index contributed by atoms with van der Waals surface area (Å²) in [5.74, 6) is -0.294. The number of carbonyl (C=O) groups is 1. The van der Waals surface area contributed by atoms with E-state index in [0.717, 1.165) is 11.9 Å². The fraction of sp³-hybridized carbons (Fsp3) is 0.214. The average Bonchev–Trinajstić information content (AvgIpc) is 2.45. The van der Waals surface area contributed by atoms with Gasteiger partial charge in [0.1, 0.15) is 5.82 Å². The molecule has 0 saturated heterocycles. The number of anilines is 1. The van der Waals surface area contributed by atoms with Gasteiger partial charge in [-0.1, -0.05) is 6.07 Å². The number of aromatic nitrogens is 2. The highest BCUT2D eigenvalue weighted by Gasteiger charge is 2.28. The van der Waals surface area contributed by atoms with E-state index in [1.165, 1.54) is 12.1 Å².